The Labute approximate surface area is 173 Å². The molecule has 29 heavy (non-hydrogen) atoms. The fraction of sp³-hybridized carbons (Fsp3) is 0.136. The Morgan fingerprint density at radius 2 is 1.90 bits per heavy atom. The third-order valence-electron chi connectivity index (χ3n) is 4.52. The van der Waals surface area contributed by atoms with Crippen LogP contribution in [0.25, 0.3) is 16.9 Å². The Bertz CT molecular complexity index is 1090. The lowest BCUT2D eigenvalue weighted by molar-refractivity contribution is 0.0937. The van der Waals surface area contributed by atoms with Crippen molar-refractivity contribution in [2.75, 3.05) is 0 Å². The molecule has 0 aliphatic heterocycles. The molecule has 0 saturated heterocycles. The summed E-state index contributed by atoms with van der Waals surface area (Å²) in [4.78, 5) is 17.1. The minimum atomic E-state index is -0.176. The molecule has 7 heteroatoms. The number of nitrogens with zero attached hydrogens (tertiary/aromatic N) is 4. The molecule has 0 bridgehead atoms. The van der Waals surface area contributed by atoms with Crippen molar-refractivity contribution in [3.8, 4) is 16.9 Å². The fourth-order valence-corrected chi connectivity index (χ4v) is 3.26. The maximum absolute atomic E-state index is 13.1. The summed E-state index contributed by atoms with van der Waals surface area (Å²) in [5.41, 5.74) is 2.83. The van der Waals surface area contributed by atoms with E-state index in [1.54, 1.807) is 35.5 Å². The standard InChI is InChI=1S/C22H20ClN5O/c1-16(13-27-12-11-24-15-27)25-22(29)20-14-28(19-5-3-2-4-6-19)26-21(20)17-7-9-18(23)10-8-17/h2-12,14-16H,13H2,1H3,(H,25,29). The van der Waals surface area contributed by atoms with Crippen LogP contribution in [0.2, 0.25) is 5.02 Å². The number of aromatic nitrogens is 4. The minimum absolute atomic E-state index is 0.0742. The first kappa shape index (κ1) is 19.0. The predicted octanol–water partition coefficient (Wildman–Crippen LogP) is 4.21. The molecule has 2 aromatic heterocycles. The van der Waals surface area contributed by atoms with Crippen molar-refractivity contribution >= 4 is 17.5 Å². The lowest BCUT2D eigenvalue weighted by Gasteiger charge is -2.14. The highest BCUT2D eigenvalue weighted by atomic mass is 35.5. The second-order valence-electron chi connectivity index (χ2n) is 6.81. The van der Waals surface area contributed by atoms with Crippen LogP contribution in [0, 0.1) is 0 Å². The zero-order valence-corrected chi connectivity index (χ0v) is 16.6. The van der Waals surface area contributed by atoms with E-state index in [2.05, 4.69) is 15.4 Å². The van der Waals surface area contributed by atoms with Crippen LogP contribution in [0.15, 0.2) is 79.5 Å². The van der Waals surface area contributed by atoms with Crippen LogP contribution in [0.4, 0.5) is 0 Å². The highest BCUT2D eigenvalue weighted by Gasteiger charge is 2.20. The van der Waals surface area contributed by atoms with Crippen molar-refractivity contribution in [3.63, 3.8) is 0 Å². The third-order valence-corrected chi connectivity index (χ3v) is 4.77. The maximum Gasteiger partial charge on any atom is 0.255 e. The summed E-state index contributed by atoms with van der Waals surface area (Å²) in [5.74, 6) is -0.176. The maximum atomic E-state index is 13.1. The molecule has 0 aliphatic carbocycles. The number of imidazole rings is 1. The highest BCUT2D eigenvalue weighted by Crippen LogP contribution is 2.25. The van der Waals surface area contributed by atoms with E-state index in [1.807, 2.05) is 60.2 Å². The van der Waals surface area contributed by atoms with Crippen LogP contribution in [-0.2, 0) is 6.54 Å². The van der Waals surface area contributed by atoms with E-state index in [0.717, 1.165) is 11.3 Å². The third kappa shape index (κ3) is 4.38. The van der Waals surface area contributed by atoms with Gasteiger partial charge in [-0.25, -0.2) is 9.67 Å². The molecule has 1 N–H and O–H groups in total. The average molecular weight is 406 g/mol. The molecule has 0 spiro atoms. The van der Waals surface area contributed by atoms with Crippen LogP contribution in [0.5, 0.6) is 0 Å². The van der Waals surface area contributed by atoms with Gasteiger partial charge in [0.25, 0.3) is 5.91 Å². The molecule has 0 saturated carbocycles. The summed E-state index contributed by atoms with van der Waals surface area (Å²) in [6.45, 7) is 2.59. The minimum Gasteiger partial charge on any atom is -0.348 e. The zero-order valence-electron chi connectivity index (χ0n) is 15.9. The van der Waals surface area contributed by atoms with Crippen LogP contribution in [-0.4, -0.2) is 31.3 Å². The number of hydrogen-bond donors (Lipinski definition) is 1. The molecule has 0 fully saturated rings. The number of amides is 1. The number of benzene rings is 2. The predicted molar refractivity (Wildman–Crippen MR) is 113 cm³/mol. The number of nitrogens with one attached hydrogen (secondary N) is 1. The average Bonchev–Trinajstić information content (AvgIpc) is 3.39. The van der Waals surface area contributed by atoms with Gasteiger partial charge >= 0.3 is 0 Å². The molecule has 4 rings (SSSR count). The molecule has 0 aliphatic rings. The molecule has 146 valence electrons. The first-order chi connectivity index (χ1) is 14.1. The number of halogens is 1. The molecule has 2 heterocycles. The monoisotopic (exact) mass is 405 g/mol. The summed E-state index contributed by atoms with van der Waals surface area (Å²) in [7, 11) is 0. The molecular weight excluding hydrogens is 386 g/mol. The summed E-state index contributed by atoms with van der Waals surface area (Å²) in [6, 6.07) is 17.0. The summed E-state index contributed by atoms with van der Waals surface area (Å²) in [5, 5.41) is 8.37. The van der Waals surface area contributed by atoms with Gasteiger partial charge in [-0.2, -0.15) is 5.10 Å². The molecule has 4 aromatic rings. The number of para-hydroxylation sites is 1. The summed E-state index contributed by atoms with van der Waals surface area (Å²) in [6.07, 6.45) is 7.08. The fourth-order valence-electron chi connectivity index (χ4n) is 3.13. The van der Waals surface area contributed by atoms with Crippen LogP contribution < -0.4 is 5.32 Å². The molecular formula is C22H20ClN5O. The largest absolute Gasteiger partial charge is 0.348 e. The van der Waals surface area contributed by atoms with Crippen molar-refractivity contribution in [2.45, 2.75) is 19.5 Å². The second kappa shape index (κ2) is 8.32. The van der Waals surface area contributed by atoms with Crippen molar-refractivity contribution in [1.29, 1.82) is 0 Å². The Morgan fingerprint density at radius 1 is 1.14 bits per heavy atom. The SMILES string of the molecule is CC(Cn1ccnc1)NC(=O)c1cn(-c2ccccc2)nc1-c1ccc(Cl)cc1. The Balaban J connectivity index is 1.65. The van der Waals surface area contributed by atoms with E-state index in [1.165, 1.54) is 0 Å². The van der Waals surface area contributed by atoms with Crippen LogP contribution in [0.3, 0.4) is 0 Å². The number of hydrogen-bond acceptors (Lipinski definition) is 3. The van der Waals surface area contributed by atoms with Gasteiger partial charge < -0.3 is 9.88 Å². The van der Waals surface area contributed by atoms with Crippen LogP contribution in [0.1, 0.15) is 17.3 Å². The van der Waals surface area contributed by atoms with E-state index in [9.17, 15) is 4.79 Å². The molecule has 6 nitrogen and oxygen atoms in total. The molecule has 2 aromatic carbocycles. The molecule has 0 radical (unpaired) electrons. The summed E-state index contributed by atoms with van der Waals surface area (Å²) < 4.78 is 3.65. The van der Waals surface area contributed by atoms with Crippen molar-refractivity contribution in [3.05, 3.63) is 90.1 Å². The normalized spacial score (nSPS) is 11.9. The molecule has 1 unspecified atom stereocenters. The van der Waals surface area contributed by atoms with Gasteiger partial charge in [0, 0.05) is 41.8 Å². The number of rotatable bonds is 6. The van der Waals surface area contributed by atoms with Gasteiger partial charge in [-0.05, 0) is 31.2 Å². The number of carbonyl (C=O) groups is 1. The Morgan fingerprint density at radius 3 is 2.59 bits per heavy atom. The smallest absolute Gasteiger partial charge is 0.255 e. The van der Waals surface area contributed by atoms with Gasteiger partial charge in [0.05, 0.1) is 17.6 Å². The van der Waals surface area contributed by atoms with Gasteiger partial charge in [-0.3, -0.25) is 4.79 Å². The Kier molecular flexibility index (Phi) is 5.44. The van der Waals surface area contributed by atoms with E-state index in [4.69, 9.17) is 11.6 Å². The number of carbonyl (C=O) groups excluding carboxylic acids is 1. The second-order valence-corrected chi connectivity index (χ2v) is 7.25. The molecule has 1 atom stereocenters. The van der Waals surface area contributed by atoms with Gasteiger partial charge in [0.2, 0.25) is 0 Å². The van der Waals surface area contributed by atoms with Crippen molar-refractivity contribution < 1.29 is 4.79 Å². The Hall–Kier alpha value is -3.38. The van der Waals surface area contributed by atoms with Crippen molar-refractivity contribution in [2.24, 2.45) is 0 Å². The van der Waals surface area contributed by atoms with Gasteiger partial charge in [0.1, 0.15) is 5.69 Å². The quantitative estimate of drug-likeness (QED) is 0.522. The van der Waals surface area contributed by atoms with Crippen molar-refractivity contribution in [1.82, 2.24) is 24.6 Å². The van der Waals surface area contributed by atoms with Gasteiger partial charge in [-0.15, -0.1) is 0 Å². The lowest BCUT2D eigenvalue weighted by atomic mass is 10.1. The first-order valence-corrected chi connectivity index (χ1v) is 9.65. The first-order valence-electron chi connectivity index (χ1n) is 9.28. The molecule has 1 amide bonds. The summed E-state index contributed by atoms with van der Waals surface area (Å²) >= 11 is 6.03. The van der Waals surface area contributed by atoms with Gasteiger partial charge in [0.15, 0.2) is 0 Å². The highest BCUT2D eigenvalue weighted by molar-refractivity contribution is 6.30. The van der Waals surface area contributed by atoms with Gasteiger partial charge in [-0.1, -0.05) is 41.9 Å². The van der Waals surface area contributed by atoms with E-state index in [-0.39, 0.29) is 11.9 Å². The van der Waals surface area contributed by atoms with E-state index >= 15 is 0 Å². The zero-order chi connectivity index (χ0) is 20.2. The topological polar surface area (TPSA) is 64.7 Å². The van der Waals surface area contributed by atoms with E-state index < -0.39 is 0 Å². The lowest BCUT2D eigenvalue weighted by Crippen LogP contribution is -2.35. The van der Waals surface area contributed by atoms with E-state index in [0.29, 0.717) is 22.8 Å². The van der Waals surface area contributed by atoms with Crippen LogP contribution >= 0.6 is 11.6 Å².